The molecule has 0 spiro atoms. The smallest absolute Gasteiger partial charge is 0.243 e. The summed E-state index contributed by atoms with van der Waals surface area (Å²) in [5, 5.41) is 6.77. The minimum absolute atomic E-state index is 0. The predicted molar refractivity (Wildman–Crippen MR) is 96.0 cm³/mol. The van der Waals surface area contributed by atoms with Gasteiger partial charge in [0.1, 0.15) is 0 Å². The third-order valence-electron chi connectivity index (χ3n) is 3.43. The van der Waals surface area contributed by atoms with Crippen molar-refractivity contribution in [3.8, 4) is 0 Å². The van der Waals surface area contributed by atoms with Gasteiger partial charge in [0.05, 0.1) is 6.04 Å². The molecule has 1 fully saturated rings. The Morgan fingerprint density at radius 1 is 1.50 bits per heavy atom. The van der Waals surface area contributed by atoms with Crippen LogP contribution in [0.1, 0.15) is 23.3 Å². The molecule has 0 aliphatic carbocycles. The van der Waals surface area contributed by atoms with E-state index in [1.807, 2.05) is 18.3 Å². The number of rotatable bonds is 4. The van der Waals surface area contributed by atoms with E-state index in [0.29, 0.717) is 5.13 Å². The van der Waals surface area contributed by atoms with E-state index in [-0.39, 0.29) is 24.4 Å². The number of anilines is 1. The molecular formula is C15H17BrClN3OS. The Morgan fingerprint density at radius 2 is 2.36 bits per heavy atom. The van der Waals surface area contributed by atoms with Crippen LogP contribution < -0.4 is 10.6 Å². The standard InChI is InChI=1S/C15H16BrN3OS.ClH/c16-11-4-1-3-10(7-11)8-12-9-18-15(21-12)19-14(20)13-5-2-6-17-13;/h1,3-4,7,9,13,17H,2,5-6,8H2,(H,18,19,20);1H. The maximum atomic E-state index is 12.0. The number of nitrogens with zero attached hydrogens (tertiary/aromatic N) is 1. The monoisotopic (exact) mass is 401 g/mol. The minimum atomic E-state index is -0.0672. The van der Waals surface area contributed by atoms with Gasteiger partial charge in [-0.1, -0.05) is 28.1 Å². The Bertz CT molecular complexity index is 643. The molecule has 1 aliphatic heterocycles. The number of hydrogen-bond acceptors (Lipinski definition) is 4. The van der Waals surface area contributed by atoms with Crippen molar-refractivity contribution in [2.45, 2.75) is 25.3 Å². The fourth-order valence-corrected chi connectivity index (χ4v) is 3.69. The Labute approximate surface area is 148 Å². The lowest BCUT2D eigenvalue weighted by Gasteiger charge is -2.08. The maximum absolute atomic E-state index is 12.0. The Morgan fingerprint density at radius 3 is 3.09 bits per heavy atom. The van der Waals surface area contributed by atoms with Gasteiger partial charge in [0.2, 0.25) is 5.91 Å². The highest BCUT2D eigenvalue weighted by Gasteiger charge is 2.22. The van der Waals surface area contributed by atoms with Gasteiger partial charge < -0.3 is 10.6 Å². The molecule has 7 heteroatoms. The van der Waals surface area contributed by atoms with Crippen molar-refractivity contribution in [2.75, 3.05) is 11.9 Å². The van der Waals surface area contributed by atoms with Crippen LogP contribution >= 0.6 is 39.7 Å². The zero-order valence-corrected chi connectivity index (χ0v) is 15.1. The van der Waals surface area contributed by atoms with Crippen LogP contribution in [0.3, 0.4) is 0 Å². The Balaban J connectivity index is 0.00000176. The van der Waals surface area contributed by atoms with Crippen LogP contribution in [0.5, 0.6) is 0 Å². The summed E-state index contributed by atoms with van der Waals surface area (Å²) < 4.78 is 1.07. The summed E-state index contributed by atoms with van der Waals surface area (Å²) in [5.74, 6) is 0.0239. The van der Waals surface area contributed by atoms with E-state index in [2.05, 4.69) is 43.7 Å². The second kappa shape index (κ2) is 8.06. The van der Waals surface area contributed by atoms with Gasteiger partial charge in [-0.3, -0.25) is 4.79 Å². The minimum Gasteiger partial charge on any atom is -0.306 e. The summed E-state index contributed by atoms with van der Waals surface area (Å²) in [6, 6.07) is 8.15. The number of hydrogen-bond donors (Lipinski definition) is 2. The maximum Gasteiger partial charge on any atom is 0.243 e. The van der Waals surface area contributed by atoms with Gasteiger partial charge in [-0.15, -0.1) is 23.7 Å². The van der Waals surface area contributed by atoms with Crippen LogP contribution in [0.4, 0.5) is 5.13 Å². The molecule has 1 saturated heterocycles. The van der Waals surface area contributed by atoms with Crippen molar-refractivity contribution in [1.29, 1.82) is 0 Å². The summed E-state index contributed by atoms with van der Waals surface area (Å²) in [6.45, 7) is 0.921. The number of carbonyl (C=O) groups is 1. The SMILES string of the molecule is Cl.O=C(Nc1ncc(Cc2cccc(Br)c2)s1)C1CCCN1. The van der Waals surface area contributed by atoms with Crippen molar-refractivity contribution in [2.24, 2.45) is 0 Å². The lowest BCUT2D eigenvalue weighted by atomic mass is 10.1. The first-order valence-corrected chi connectivity index (χ1v) is 8.55. The largest absolute Gasteiger partial charge is 0.306 e. The molecule has 0 saturated carbocycles. The summed E-state index contributed by atoms with van der Waals surface area (Å²) in [4.78, 5) is 17.4. The predicted octanol–water partition coefficient (Wildman–Crippen LogP) is 3.61. The van der Waals surface area contributed by atoms with Crippen LogP contribution in [0.2, 0.25) is 0 Å². The third-order valence-corrected chi connectivity index (χ3v) is 4.83. The molecule has 2 N–H and O–H groups in total. The van der Waals surface area contributed by atoms with Crippen LogP contribution in [-0.4, -0.2) is 23.5 Å². The van der Waals surface area contributed by atoms with E-state index in [1.54, 1.807) is 0 Å². The van der Waals surface area contributed by atoms with Crippen LogP contribution in [-0.2, 0) is 11.2 Å². The van der Waals surface area contributed by atoms with Crippen molar-refractivity contribution in [3.63, 3.8) is 0 Å². The number of aromatic nitrogens is 1. The molecule has 2 aromatic rings. The van der Waals surface area contributed by atoms with E-state index in [4.69, 9.17) is 0 Å². The topological polar surface area (TPSA) is 54.0 Å². The van der Waals surface area contributed by atoms with E-state index >= 15 is 0 Å². The molecule has 1 unspecified atom stereocenters. The van der Waals surface area contributed by atoms with E-state index < -0.39 is 0 Å². The molecule has 4 nitrogen and oxygen atoms in total. The van der Waals surface area contributed by atoms with Gasteiger partial charge in [-0.25, -0.2) is 4.98 Å². The second-order valence-corrected chi connectivity index (χ2v) is 7.11. The summed E-state index contributed by atoms with van der Waals surface area (Å²) in [6.07, 6.45) is 4.63. The second-order valence-electron chi connectivity index (χ2n) is 5.08. The summed E-state index contributed by atoms with van der Waals surface area (Å²) >= 11 is 5.01. The van der Waals surface area contributed by atoms with Gasteiger partial charge in [0, 0.05) is 22.0 Å². The van der Waals surface area contributed by atoms with E-state index in [1.165, 1.54) is 16.9 Å². The molecule has 1 aromatic heterocycles. The molecule has 3 rings (SSSR count). The van der Waals surface area contributed by atoms with E-state index in [9.17, 15) is 4.79 Å². The average Bonchev–Trinajstić information content (AvgIpc) is 3.10. The molecule has 0 bridgehead atoms. The molecular weight excluding hydrogens is 386 g/mol. The van der Waals surface area contributed by atoms with Crippen molar-refractivity contribution in [1.82, 2.24) is 10.3 Å². The average molecular weight is 403 g/mol. The highest BCUT2D eigenvalue weighted by molar-refractivity contribution is 9.10. The summed E-state index contributed by atoms with van der Waals surface area (Å²) in [5.41, 5.74) is 1.23. The highest BCUT2D eigenvalue weighted by Crippen LogP contribution is 2.23. The first-order chi connectivity index (χ1) is 10.2. The number of amides is 1. The molecule has 1 amide bonds. The number of benzene rings is 1. The lowest BCUT2D eigenvalue weighted by molar-refractivity contribution is -0.117. The molecule has 1 aliphatic rings. The highest BCUT2D eigenvalue weighted by atomic mass is 79.9. The van der Waals surface area contributed by atoms with Crippen molar-refractivity contribution >= 4 is 50.7 Å². The lowest BCUT2D eigenvalue weighted by Crippen LogP contribution is -2.35. The first kappa shape index (κ1) is 17.4. The molecule has 1 atom stereocenters. The van der Waals surface area contributed by atoms with Gasteiger partial charge in [-0.05, 0) is 37.1 Å². The normalized spacial score (nSPS) is 17.0. The van der Waals surface area contributed by atoms with Gasteiger partial charge >= 0.3 is 0 Å². The van der Waals surface area contributed by atoms with Crippen molar-refractivity contribution in [3.05, 3.63) is 45.4 Å². The Hall–Kier alpha value is -0.950. The Kier molecular flexibility index (Phi) is 6.37. The number of carbonyl (C=O) groups excluding carboxylic acids is 1. The van der Waals surface area contributed by atoms with Crippen LogP contribution in [0.15, 0.2) is 34.9 Å². The molecule has 0 radical (unpaired) electrons. The molecule has 22 heavy (non-hydrogen) atoms. The third kappa shape index (κ3) is 4.52. The van der Waals surface area contributed by atoms with E-state index in [0.717, 1.165) is 35.2 Å². The zero-order valence-electron chi connectivity index (χ0n) is 11.8. The fourth-order valence-electron chi connectivity index (χ4n) is 2.40. The zero-order chi connectivity index (χ0) is 14.7. The molecule has 2 heterocycles. The number of halogens is 2. The van der Waals surface area contributed by atoms with Crippen LogP contribution in [0.25, 0.3) is 0 Å². The van der Waals surface area contributed by atoms with Gasteiger partial charge in [0.15, 0.2) is 5.13 Å². The first-order valence-electron chi connectivity index (χ1n) is 6.94. The van der Waals surface area contributed by atoms with Crippen LogP contribution in [0, 0.1) is 0 Å². The quantitative estimate of drug-likeness (QED) is 0.821. The van der Waals surface area contributed by atoms with Gasteiger partial charge in [-0.2, -0.15) is 0 Å². The molecule has 1 aromatic carbocycles. The number of thiazole rings is 1. The number of nitrogens with one attached hydrogen (secondary N) is 2. The summed E-state index contributed by atoms with van der Waals surface area (Å²) in [7, 11) is 0. The molecule has 118 valence electrons. The fraction of sp³-hybridized carbons (Fsp3) is 0.333. The van der Waals surface area contributed by atoms with Gasteiger partial charge in [0.25, 0.3) is 0 Å². The van der Waals surface area contributed by atoms with Crippen molar-refractivity contribution < 1.29 is 4.79 Å².